The highest BCUT2D eigenvalue weighted by Crippen LogP contribution is 2.36. The quantitative estimate of drug-likeness (QED) is 0.718. The summed E-state index contributed by atoms with van der Waals surface area (Å²) in [6, 6.07) is 7.93. The summed E-state index contributed by atoms with van der Waals surface area (Å²) in [6.07, 6.45) is -0.132. The summed E-state index contributed by atoms with van der Waals surface area (Å²) < 4.78 is 5.51. The van der Waals surface area contributed by atoms with E-state index in [2.05, 4.69) is 29.0 Å². The standard InChI is InChI=1S/C15H20N2O2/c1-11-12-5-3-4-6-13(12)14(15(18)19-11)17-9-7-16(2)8-10-17/h3-6,11,14H,7-10H2,1-2H3/t11-,14+/m0/s1. The maximum Gasteiger partial charge on any atom is 0.328 e. The lowest BCUT2D eigenvalue weighted by molar-refractivity contribution is -0.158. The minimum atomic E-state index is -0.221. The van der Waals surface area contributed by atoms with E-state index in [1.807, 2.05) is 19.1 Å². The van der Waals surface area contributed by atoms with Crippen LogP contribution in [0.2, 0.25) is 0 Å². The van der Waals surface area contributed by atoms with Gasteiger partial charge in [-0.2, -0.15) is 0 Å². The normalized spacial score (nSPS) is 28.8. The minimum Gasteiger partial charge on any atom is -0.456 e. The molecule has 0 aliphatic carbocycles. The van der Waals surface area contributed by atoms with Gasteiger partial charge in [0.05, 0.1) is 0 Å². The molecule has 2 atom stereocenters. The second kappa shape index (κ2) is 4.94. The lowest BCUT2D eigenvalue weighted by Gasteiger charge is -2.40. The van der Waals surface area contributed by atoms with E-state index in [-0.39, 0.29) is 18.1 Å². The molecule has 4 heteroatoms. The number of cyclic esters (lactones) is 1. The average Bonchev–Trinajstić information content (AvgIpc) is 2.41. The van der Waals surface area contributed by atoms with Crippen molar-refractivity contribution in [2.24, 2.45) is 0 Å². The molecule has 4 nitrogen and oxygen atoms in total. The Bertz CT molecular complexity index is 481. The Balaban J connectivity index is 1.92. The Morgan fingerprint density at radius 1 is 1.11 bits per heavy atom. The van der Waals surface area contributed by atoms with Gasteiger partial charge in [-0.25, -0.2) is 4.79 Å². The second-order valence-corrected chi connectivity index (χ2v) is 5.45. The third-order valence-corrected chi connectivity index (χ3v) is 4.15. The second-order valence-electron chi connectivity index (χ2n) is 5.45. The van der Waals surface area contributed by atoms with E-state index in [4.69, 9.17) is 4.74 Å². The molecule has 19 heavy (non-hydrogen) atoms. The fourth-order valence-corrected chi connectivity index (χ4v) is 2.99. The number of hydrogen-bond acceptors (Lipinski definition) is 4. The topological polar surface area (TPSA) is 32.8 Å². The van der Waals surface area contributed by atoms with Crippen molar-refractivity contribution in [3.8, 4) is 0 Å². The van der Waals surface area contributed by atoms with E-state index in [9.17, 15) is 4.79 Å². The van der Waals surface area contributed by atoms with Gasteiger partial charge in [-0.05, 0) is 25.1 Å². The Kier molecular flexibility index (Phi) is 3.29. The maximum atomic E-state index is 12.3. The van der Waals surface area contributed by atoms with Crippen molar-refractivity contribution in [3.05, 3.63) is 35.4 Å². The molecule has 1 fully saturated rings. The van der Waals surface area contributed by atoms with Gasteiger partial charge in [0.2, 0.25) is 0 Å². The number of rotatable bonds is 1. The Labute approximate surface area is 113 Å². The molecule has 0 radical (unpaired) electrons. The smallest absolute Gasteiger partial charge is 0.328 e. The van der Waals surface area contributed by atoms with Crippen molar-refractivity contribution in [2.75, 3.05) is 33.2 Å². The number of nitrogens with zero attached hydrogens (tertiary/aromatic N) is 2. The first-order chi connectivity index (χ1) is 9.16. The van der Waals surface area contributed by atoms with Crippen LogP contribution < -0.4 is 0 Å². The van der Waals surface area contributed by atoms with Gasteiger partial charge in [0.1, 0.15) is 12.1 Å². The molecule has 1 aromatic rings. The summed E-state index contributed by atoms with van der Waals surface area (Å²) in [4.78, 5) is 16.8. The van der Waals surface area contributed by atoms with Gasteiger partial charge >= 0.3 is 5.97 Å². The van der Waals surface area contributed by atoms with Gasteiger partial charge in [0, 0.05) is 26.2 Å². The zero-order valence-electron chi connectivity index (χ0n) is 11.5. The molecule has 1 saturated heterocycles. The number of benzene rings is 1. The number of carbonyl (C=O) groups excluding carboxylic acids is 1. The Morgan fingerprint density at radius 2 is 1.74 bits per heavy atom. The SMILES string of the molecule is C[C@@H]1OC(=O)[C@H](N2CCN(C)CC2)c2ccccc21. The fourth-order valence-electron chi connectivity index (χ4n) is 2.99. The lowest BCUT2D eigenvalue weighted by atomic mass is 9.93. The predicted molar refractivity (Wildman–Crippen MR) is 72.8 cm³/mol. The van der Waals surface area contributed by atoms with Crippen LogP contribution in [0, 0.1) is 0 Å². The summed E-state index contributed by atoms with van der Waals surface area (Å²) in [5.74, 6) is -0.101. The first-order valence-corrected chi connectivity index (χ1v) is 6.89. The zero-order valence-corrected chi connectivity index (χ0v) is 11.5. The molecule has 0 N–H and O–H groups in total. The Morgan fingerprint density at radius 3 is 2.42 bits per heavy atom. The van der Waals surface area contributed by atoms with Crippen molar-refractivity contribution in [1.82, 2.24) is 9.80 Å². The number of carbonyl (C=O) groups is 1. The van der Waals surface area contributed by atoms with Crippen molar-refractivity contribution < 1.29 is 9.53 Å². The summed E-state index contributed by atoms with van der Waals surface area (Å²) in [7, 11) is 2.12. The fraction of sp³-hybridized carbons (Fsp3) is 0.533. The molecule has 2 aliphatic heterocycles. The van der Waals surface area contributed by atoms with Crippen molar-refractivity contribution in [2.45, 2.75) is 19.1 Å². The first-order valence-electron chi connectivity index (χ1n) is 6.89. The Hall–Kier alpha value is -1.39. The van der Waals surface area contributed by atoms with E-state index in [0.29, 0.717) is 0 Å². The van der Waals surface area contributed by atoms with Crippen molar-refractivity contribution >= 4 is 5.97 Å². The molecular weight excluding hydrogens is 240 g/mol. The molecule has 0 bridgehead atoms. The number of likely N-dealkylation sites (N-methyl/N-ethyl adjacent to an activating group) is 1. The summed E-state index contributed by atoms with van der Waals surface area (Å²) in [6.45, 7) is 5.78. The van der Waals surface area contributed by atoms with Gasteiger partial charge in [0.15, 0.2) is 0 Å². The largest absolute Gasteiger partial charge is 0.456 e. The van der Waals surface area contributed by atoms with E-state index in [1.165, 1.54) is 0 Å². The van der Waals surface area contributed by atoms with Crippen LogP contribution in [0.3, 0.4) is 0 Å². The molecule has 0 amide bonds. The first kappa shape index (κ1) is 12.6. The lowest BCUT2D eigenvalue weighted by Crippen LogP contribution is -2.49. The molecule has 0 unspecified atom stereocenters. The van der Waals surface area contributed by atoms with Gasteiger partial charge in [-0.3, -0.25) is 4.90 Å². The van der Waals surface area contributed by atoms with Crippen LogP contribution in [0.5, 0.6) is 0 Å². The molecule has 3 rings (SSSR count). The molecule has 1 aromatic carbocycles. The molecule has 2 heterocycles. The predicted octanol–water partition coefficient (Wildman–Crippen LogP) is 1.59. The van der Waals surface area contributed by atoms with Crippen molar-refractivity contribution in [1.29, 1.82) is 0 Å². The van der Waals surface area contributed by atoms with Crippen LogP contribution in [-0.2, 0) is 9.53 Å². The average molecular weight is 260 g/mol. The zero-order chi connectivity index (χ0) is 13.4. The van der Waals surface area contributed by atoms with Gasteiger partial charge in [-0.1, -0.05) is 24.3 Å². The monoisotopic (exact) mass is 260 g/mol. The van der Waals surface area contributed by atoms with Crippen molar-refractivity contribution in [3.63, 3.8) is 0 Å². The van der Waals surface area contributed by atoms with Gasteiger partial charge in [0.25, 0.3) is 0 Å². The van der Waals surface area contributed by atoms with E-state index < -0.39 is 0 Å². The highest BCUT2D eigenvalue weighted by Gasteiger charge is 2.37. The molecular formula is C15H20N2O2. The highest BCUT2D eigenvalue weighted by atomic mass is 16.5. The van der Waals surface area contributed by atoms with Crippen LogP contribution in [-0.4, -0.2) is 49.0 Å². The van der Waals surface area contributed by atoms with Crippen LogP contribution in [0.1, 0.15) is 30.2 Å². The van der Waals surface area contributed by atoms with Crippen LogP contribution in [0.25, 0.3) is 0 Å². The van der Waals surface area contributed by atoms with Crippen LogP contribution in [0.4, 0.5) is 0 Å². The summed E-state index contributed by atoms with van der Waals surface area (Å²) >= 11 is 0. The molecule has 0 spiro atoms. The number of piperazine rings is 1. The van der Waals surface area contributed by atoms with E-state index >= 15 is 0 Å². The summed E-state index contributed by atoms with van der Waals surface area (Å²) in [5.41, 5.74) is 2.27. The maximum absolute atomic E-state index is 12.3. The van der Waals surface area contributed by atoms with Gasteiger partial charge in [-0.15, -0.1) is 0 Å². The van der Waals surface area contributed by atoms with Gasteiger partial charge < -0.3 is 9.64 Å². The molecule has 102 valence electrons. The van der Waals surface area contributed by atoms with E-state index in [1.54, 1.807) is 0 Å². The molecule has 0 aromatic heterocycles. The highest BCUT2D eigenvalue weighted by molar-refractivity contribution is 5.80. The molecule has 0 saturated carbocycles. The third kappa shape index (κ3) is 2.26. The van der Waals surface area contributed by atoms with E-state index in [0.717, 1.165) is 37.3 Å². The summed E-state index contributed by atoms with van der Waals surface area (Å²) in [5, 5.41) is 0. The third-order valence-electron chi connectivity index (χ3n) is 4.15. The minimum absolute atomic E-state index is 0.101. The van der Waals surface area contributed by atoms with Crippen LogP contribution in [0.15, 0.2) is 24.3 Å². The molecule has 2 aliphatic rings. The number of ether oxygens (including phenoxy) is 1. The number of hydrogen-bond donors (Lipinski definition) is 0. The number of esters is 1. The van der Waals surface area contributed by atoms with Crippen LogP contribution >= 0.6 is 0 Å². The number of fused-ring (bicyclic) bond motifs is 1.